The molecule has 0 radical (unpaired) electrons. The summed E-state index contributed by atoms with van der Waals surface area (Å²) in [6.45, 7) is 0. The van der Waals surface area contributed by atoms with E-state index in [4.69, 9.17) is 5.73 Å². The van der Waals surface area contributed by atoms with E-state index >= 15 is 0 Å². The first-order valence-corrected chi connectivity index (χ1v) is 6.14. The van der Waals surface area contributed by atoms with Gasteiger partial charge in [0.15, 0.2) is 0 Å². The van der Waals surface area contributed by atoms with Gasteiger partial charge in [-0.15, -0.1) is 0 Å². The molecule has 6 heteroatoms. The quantitative estimate of drug-likeness (QED) is 0.844. The SMILES string of the molecule is NC(Cc1ccc(C(F)(F)F)cc1)c1ccc(F)cc1F. The van der Waals surface area contributed by atoms with E-state index in [1.807, 2.05) is 0 Å². The highest BCUT2D eigenvalue weighted by Crippen LogP contribution is 2.29. The second-order valence-electron chi connectivity index (χ2n) is 4.67. The minimum atomic E-state index is -4.40. The van der Waals surface area contributed by atoms with E-state index in [0.717, 1.165) is 24.3 Å². The Kier molecular flexibility index (Phi) is 4.27. The zero-order chi connectivity index (χ0) is 15.6. The number of hydrogen-bond donors (Lipinski definition) is 1. The van der Waals surface area contributed by atoms with Gasteiger partial charge in [-0.2, -0.15) is 13.2 Å². The molecule has 2 aromatic rings. The Morgan fingerprint density at radius 3 is 2.10 bits per heavy atom. The average Bonchev–Trinajstić information content (AvgIpc) is 2.38. The maximum Gasteiger partial charge on any atom is 0.416 e. The van der Waals surface area contributed by atoms with Crippen LogP contribution in [0.5, 0.6) is 0 Å². The summed E-state index contributed by atoms with van der Waals surface area (Å²) in [5.74, 6) is -1.48. The van der Waals surface area contributed by atoms with Crippen molar-refractivity contribution in [2.75, 3.05) is 0 Å². The van der Waals surface area contributed by atoms with Gasteiger partial charge in [0.2, 0.25) is 0 Å². The average molecular weight is 301 g/mol. The van der Waals surface area contributed by atoms with Gasteiger partial charge in [-0.3, -0.25) is 0 Å². The van der Waals surface area contributed by atoms with Crippen molar-refractivity contribution in [1.29, 1.82) is 0 Å². The molecule has 0 amide bonds. The molecule has 0 aliphatic rings. The van der Waals surface area contributed by atoms with Crippen LogP contribution >= 0.6 is 0 Å². The van der Waals surface area contributed by atoms with E-state index in [1.54, 1.807) is 0 Å². The molecule has 0 aromatic heterocycles. The fourth-order valence-corrected chi connectivity index (χ4v) is 2.00. The summed E-state index contributed by atoms with van der Waals surface area (Å²) >= 11 is 0. The first-order chi connectivity index (χ1) is 9.77. The summed E-state index contributed by atoms with van der Waals surface area (Å²) in [4.78, 5) is 0. The summed E-state index contributed by atoms with van der Waals surface area (Å²) in [6, 6.07) is 6.77. The molecule has 0 fully saturated rings. The summed E-state index contributed by atoms with van der Waals surface area (Å²) in [5, 5.41) is 0. The van der Waals surface area contributed by atoms with Crippen LogP contribution in [-0.4, -0.2) is 0 Å². The third-order valence-corrected chi connectivity index (χ3v) is 3.10. The summed E-state index contributed by atoms with van der Waals surface area (Å²) in [5.41, 5.74) is 5.72. The molecule has 2 aromatic carbocycles. The molecule has 21 heavy (non-hydrogen) atoms. The molecule has 0 saturated carbocycles. The van der Waals surface area contributed by atoms with Crippen molar-refractivity contribution < 1.29 is 22.0 Å². The molecule has 0 saturated heterocycles. The van der Waals surface area contributed by atoms with Crippen LogP contribution in [0.4, 0.5) is 22.0 Å². The highest BCUT2D eigenvalue weighted by molar-refractivity contribution is 5.28. The molecule has 2 rings (SSSR count). The van der Waals surface area contributed by atoms with Gasteiger partial charge in [0.1, 0.15) is 11.6 Å². The zero-order valence-electron chi connectivity index (χ0n) is 10.8. The van der Waals surface area contributed by atoms with E-state index in [0.29, 0.717) is 5.56 Å². The lowest BCUT2D eigenvalue weighted by Crippen LogP contribution is -2.15. The van der Waals surface area contributed by atoms with Crippen LogP contribution in [0, 0.1) is 11.6 Å². The van der Waals surface area contributed by atoms with E-state index < -0.39 is 29.4 Å². The van der Waals surface area contributed by atoms with Crippen molar-refractivity contribution in [2.45, 2.75) is 18.6 Å². The Balaban J connectivity index is 2.14. The second-order valence-corrected chi connectivity index (χ2v) is 4.67. The molecule has 0 heterocycles. The molecule has 112 valence electrons. The Morgan fingerprint density at radius 2 is 1.57 bits per heavy atom. The van der Waals surface area contributed by atoms with Crippen molar-refractivity contribution >= 4 is 0 Å². The number of halogens is 5. The maximum atomic E-state index is 13.6. The van der Waals surface area contributed by atoms with Crippen LogP contribution in [0.3, 0.4) is 0 Å². The lowest BCUT2D eigenvalue weighted by Gasteiger charge is -2.14. The Morgan fingerprint density at radius 1 is 0.952 bits per heavy atom. The van der Waals surface area contributed by atoms with Gasteiger partial charge in [0, 0.05) is 17.7 Å². The number of alkyl halides is 3. The molecular weight excluding hydrogens is 289 g/mol. The highest BCUT2D eigenvalue weighted by atomic mass is 19.4. The van der Waals surface area contributed by atoms with E-state index in [-0.39, 0.29) is 12.0 Å². The number of benzene rings is 2. The van der Waals surface area contributed by atoms with Gasteiger partial charge in [0.05, 0.1) is 5.56 Å². The summed E-state index contributed by atoms with van der Waals surface area (Å²) < 4.78 is 63.6. The van der Waals surface area contributed by atoms with Gasteiger partial charge in [-0.25, -0.2) is 8.78 Å². The zero-order valence-corrected chi connectivity index (χ0v) is 10.8. The molecule has 2 N–H and O–H groups in total. The standard InChI is InChI=1S/C15H12F5N/c16-11-5-6-12(13(17)8-11)14(21)7-9-1-3-10(4-2-9)15(18,19)20/h1-6,8,14H,7,21H2. The van der Waals surface area contributed by atoms with Gasteiger partial charge in [0.25, 0.3) is 0 Å². The number of nitrogens with two attached hydrogens (primary N) is 1. The third kappa shape index (κ3) is 3.78. The fraction of sp³-hybridized carbons (Fsp3) is 0.200. The fourth-order valence-electron chi connectivity index (χ4n) is 2.00. The van der Waals surface area contributed by atoms with E-state index in [9.17, 15) is 22.0 Å². The molecule has 0 aliphatic carbocycles. The normalized spacial score (nSPS) is 13.2. The second kappa shape index (κ2) is 5.81. The van der Waals surface area contributed by atoms with Gasteiger partial charge in [-0.1, -0.05) is 18.2 Å². The van der Waals surface area contributed by atoms with Crippen molar-refractivity contribution in [2.24, 2.45) is 5.73 Å². The smallest absolute Gasteiger partial charge is 0.324 e. The topological polar surface area (TPSA) is 26.0 Å². The summed E-state index contributed by atoms with van der Waals surface area (Å²) in [7, 11) is 0. The molecule has 0 aliphatic heterocycles. The van der Waals surface area contributed by atoms with Crippen LogP contribution in [0.1, 0.15) is 22.7 Å². The number of hydrogen-bond acceptors (Lipinski definition) is 1. The Labute approximate surface area is 118 Å². The minimum Gasteiger partial charge on any atom is -0.324 e. The largest absolute Gasteiger partial charge is 0.416 e. The van der Waals surface area contributed by atoms with E-state index in [2.05, 4.69) is 0 Å². The van der Waals surface area contributed by atoms with E-state index in [1.165, 1.54) is 18.2 Å². The summed E-state index contributed by atoms with van der Waals surface area (Å²) in [6.07, 6.45) is -4.25. The lowest BCUT2D eigenvalue weighted by molar-refractivity contribution is -0.137. The van der Waals surface area contributed by atoms with Crippen molar-refractivity contribution in [3.63, 3.8) is 0 Å². The molecule has 0 spiro atoms. The number of rotatable bonds is 3. The molecule has 1 unspecified atom stereocenters. The van der Waals surface area contributed by atoms with Crippen LogP contribution in [0.2, 0.25) is 0 Å². The van der Waals surface area contributed by atoms with Crippen molar-refractivity contribution in [3.05, 3.63) is 70.8 Å². The third-order valence-electron chi connectivity index (χ3n) is 3.10. The highest BCUT2D eigenvalue weighted by Gasteiger charge is 2.30. The van der Waals surface area contributed by atoms with Crippen LogP contribution < -0.4 is 5.73 Å². The predicted octanol–water partition coefficient (Wildman–Crippen LogP) is 4.23. The van der Waals surface area contributed by atoms with Crippen LogP contribution in [-0.2, 0) is 12.6 Å². The van der Waals surface area contributed by atoms with Crippen molar-refractivity contribution in [3.8, 4) is 0 Å². The van der Waals surface area contributed by atoms with Crippen LogP contribution in [0.15, 0.2) is 42.5 Å². The minimum absolute atomic E-state index is 0.122. The maximum absolute atomic E-state index is 13.6. The molecule has 1 nitrogen and oxygen atoms in total. The van der Waals surface area contributed by atoms with Gasteiger partial charge >= 0.3 is 6.18 Å². The molecule has 1 atom stereocenters. The van der Waals surface area contributed by atoms with Gasteiger partial charge in [-0.05, 0) is 30.2 Å². The monoisotopic (exact) mass is 301 g/mol. The molecule has 0 bridgehead atoms. The Bertz CT molecular complexity index is 619. The van der Waals surface area contributed by atoms with Crippen molar-refractivity contribution in [1.82, 2.24) is 0 Å². The Hall–Kier alpha value is -1.95. The molecular formula is C15H12F5N. The van der Waals surface area contributed by atoms with Crippen LogP contribution in [0.25, 0.3) is 0 Å². The first kappa shape index (κ1) is 15.4. The first-order valence-electron chi connectivity index (χ1n) is 6.14. The predicted molar refractivity (Wildman–Crippen MR) is 68.4 cm³/mol. The lowest BCUT2D eigenvalue weighted by atomic mass is 9.98. The van der Waals surface area contributed by atoms with Gasteiger partial charge < -0.3 is 5.73 Å².